The fraction of sp³-hybridized carbons (Fsp3) is 0.611. The lowest BCUT2D eigenvalue weighted by atomic mass is 10.1. The maximum atomic E-state index is 12.0. The van der Waals surface area contributed by atoms with Crippen LogP contribution in [0.5, 0.6) is 0 Å². The Kier molecular flexibility index (Phi) is 9.64. The van der Waals surface area contributed by atoms with Crippen LogP contribution in [0.1, 0.15) is 56.9 Å². The number of aryl methyl sites for hydroxylation is 1. The average Bonchev–Trinajstić information content (AvgIpc) is 2.56. The van der Waals surface area contributed by atoms with Gasteiger partial charge in [0.05, 0.1) is 18.6 Å². The summed E-state index contributed by atoms with van der Waals surface area (Å²) in [5, 5.41) is 0. The zero-order valence-electron chi connectivity index (χ0n) is 14.6. The van der Waals surface area contributed by atoms with Crippen molar-refractivity contribution in [1.82, 2.24) is 0 Å². The molecule has 0 saturated heterocycles. The lowest BCUT2D eigenvalue weighted by molar-refractivity contribution is -0.140. The fourth-order valence-electron chi connectivity index (χ4n) is 2.30. The van der Waals surface area contributed by atoms with Gasteiger partial charge in [-0.25, -0.2) is 0 Å². The van der Waals surface area contributed by atoms with E-state index >= 15 is 0 Å². The second-order valence-corrected chi connectivity index (χ2v) is 7.51. The van der Waals surface area contributed by atoms with Crippen LogP contribution in [-0.4, -0.2) is 28.1 Å². The first kappa shape index (κ1) is 20.6. The van der Waals surface area contributed by atoms with E-state index in [1.807, 2.05) is 6.92 Å². The van der Waals surface area contributed by atoms with Crippen LogP contribution in [0.2, 0.25) is 0 Å². The molecule has 0 spiro atoms. The molecule has 6 heteroatoms. The number of carbonyl (C=O) groups is 1. The smallest absolute Gasteiger partial charge is 0.305 e. The van der Waals surface area contributed by atoms with E-state index in [9.17, 15) is 13.2 Å². The van der Waals surface area contributed by atoms with Crippen LogP contribution in [0.15, 0.2) is 29.2 Å². The van der Waals surface area contributed by atoms with Crippen LogP contribution in [0, 0.1) is 6.92 Å². The van der Waals surface area contributed by atoms with Crippen molar-refractivity contribution in [2.75, 3.05) is 13.7 Å². The highest BCUT2D eigenvalue weighted by atomic mass is 32.2. The van der Waals surface area contributed by atoms with Gasteiger partial charge in [-0.05, 0) is 31.9 Å². The molecule has 0 N–H and O–H groups in total. The molecule has 0 radical (unpaired) electrons. The Labute approximate surface area is 145 Å². The number of methoxy groups -OCH3 is 1. The molecule has 0 heterocycles. The Morgan fingerprint density at radius 3 is 2.04 bits per heavy atom. The Morgan fingerprint density at radius 1 is 0.917 bits per heavy atom. The summed E-state index contributed by atoms with van der Waals surface area (Å²) in [5.74, 6) is -0.151. The van der Waals surface area contributed by atoms with E-state index in [1.54, 1.807) is 24.3 Å². The fourth-order valence-corrected chi connectivity index (χ4v) is 3.24. The molecule has 1 rings (SSSR count). The largest absolute Gasteiger partial charge is 0.469 e. The van der Waals surface area contributed by atoms with Gasteiger partial charge in [0.15, 0.2) is 0 Å². The molecular formula is C18H28O5S. The van der Waals surface area contributed by atoms with Gasteiger partial charge in [0.1, 0.15) is 0 Å². The molecule has 1 aromatic rings. The van der Waals surface area contributed by atoms with Gasteiger partial charge in [-0.15, -0.1) is 0 Å². The first-order valence-corrected chi connectivity index (χ1v) is 9.89. The quantitative estimate of drug-likeness (QED) is 0.322. The first-order valence-electron chi connectivity index (χ1n) is 8.48. The van der Waals surface area contributed by atoms with Crippen molar-refractivity contribution in [2.24, 2.45) is 0 Å². The van der Waals surface area contributed by atoms with Crippen LogP contribution in [0.4, 0.5) is 0 Å². The number of benzene rings is 1. The highest BCUT2D eigenvalue weighted by Gasteiger charge is 2.14. The van der Waals surface area contributed by atoms with Gasteiger partial charge in [-0.3, -0.25) is 8.98 Å². The molecular weight excluding hydrogens is 328 g/mol. The molecule has 1 aromatic carbocycles. The molecule has 0 bridgehead atoms. The van der Waals surface area contributed by atoms with Crippen molar-refractivity contribution in [1.29, 1.82) is 0 Å². The number of rotatable bonds is 12. The second-order valence-electron chi connectivity index (χ2n) is 5.89. The van der Waals surface area contributed by atoms with E-state index in [-0.39, 0.29) is 17.5 Å². The Balaban J connectivity index is 2.05. The summed E-state index contributed by atoms with van der Waals surface area (Å²) >= 11 is 0. The lowest BCUT2D eigenvalue weighted by Gasteiger charge is -2.06. The van der Waals surface area contributed by atoms with Gasteiger partial charge in [-0.1, -0.05) is 49.8 Å². The molecule has 0 unspecified atom stereocenters. The van der Waals surface area contributed by atoms with Crippen molar-refractivity contribution < 1.29 is 22.1 Å². The van der Waals surface area contributed by atoms with Gasteiger partial charge in [0.2, 0.25) is 0 Å². The average molecular weight is 356 g/mol. The molecule has 0 amide bonds. The summed E-state index contributed by atoms with van der Waals surface area (Å²) in [5.41, 5.74) is 1.01. The number of hydrogen-bond donors (Lipinski definition) is 0. The molecule has 24 heavy (non-hydrogen) atoms. The predicted molar refractivity (Wildman–Crippen MR) is 93.3 cm³/mol. The van der Waals surface area contributed by atoms with E-state index in [2.05, 4.69) is 4.74 Å². The number of hydrogen-bond acceptors (Lipinski definition) is 5. The van der Waals surface area contributed by atoms with Gasteiger partial charge >= 0.3 is 5.97 Å². The van der Waals surface area contributed by atoms with Crippen molar-refractivity contribution in [2.45, 2.75) is 63.2 Å². The molecule has 0 aliphatic carbocycles. The maximum absolute atomic E-state index is 12.0. The normalized spacial score (nSPS) is 11.4. The van der Waals surface area contributed by atoms with Gasteiger partial charge < -0.3 is 4.74 Å². The first-order chi connectivity index (χ1) is 11.5. The summed E-state index contributed by atoms with van der Waals surface area (Å²) in [6.45, 7) is 2.13. The minimum absolute atomic E-state index is 0.151. The van der Waals surface area contributed by atoms with E-state index in [0.29, 0.717) is 6.42 Å². The molecule has 136 valence electrons. The standard InChI is InChI=1S/C18H28O5S/c1-16-11-13-17(14-12-16)24(20,21)23-15-9-7-5-3-4-6-8-10-18(19)22-2/h11-14H,3-10,15H2,1-2H3. The number of esters is 1. The van der Waals surface area contributed by atoms with Crippen LogP contribution in [0.25, 0.3) is 0 Å². The predicted octanol–water partition coefficient (Wildman–Crippen LogP) is 3.99. The third-order valence-corrected chi connectivity index (χ3v) is 5.13. The highest BCUT2D eigenvalue weighted by molar-refractivity contribution is 7.86. The van der Waals surface area contributed by atoms with Crippen LogP contribution in [0.3, 0.4) is 0 Å². The summed E-state index contributed by atoms with van der Waals surface area (Å²) in [4.78, 5) is 11.1. The van der Waals surface area contributed by atoms with E-state index in [1.165, 1.54) is 7.11 Å². The molecule has 0 aromatic heterocycles. The number of ether oxygens (including phenoxy) is 1. The van der Waals surface area contributed by atoms with E-state index in [0.717, 1.165) is 50.5 Å². The Morgan fingerprint density at radius 2 is 1.46 bits per heavy atom. The van der Waals surface area contributed by atoms with Crippen LogP contribution >= 0.6 is 0 Å². The zero-order chi connectivity index (χ0) is 17.8. The highest BCUT2D eigenvalue weighted by Crippen LogP contribution is 2.14. The molecule has 0 atom stereocenters. The van der Waals surface area contributed by atoms with E-state index < -0.39 is 10.1 Å². The molecule has 0 aliphatic heterocycles. The molecule has 5 nitrogen and oxygen atoms in total. The topological polar surface area (TPSA) is 69.7 Å². The van der Waals surface area contributed by atoms with Crippen LogP contribution in [-0.2, 0) is 23.8 Å². The van der Waals surface area contributed by atoms with Gasteiger partial charge in [0.25, 0.3) is 10.1 Å². The summed E-state index contributed by atoms with van der Waals surface area (Å²) in [7, 11) is -2.23. The minimum Gasteiger partial charge on any atom is -0.469 e. The summed E-state index contributed by atoms with van der Waals surface area (Å²) in [6, 6.07) is 6.66. The van der Waals surface area contributed by atoms with Crippen molar-refractivity contribution >= 4 is 16.1 Å². The lowest BCUT2D eigenvalue weighted by Crippen LogP contribution is -2.07. The van der Waals surface area contributed by atoms with Gasteiger partial charge in [-0.2, -0.15) is 8.42 Å². The van der Waals surface area contributed by atoms with Crippen molar-refractivity contribution in [3.63, 3.8) is 0 Å². The Bertz CT molecular complexity index is 578. The van der Waals surface area contributed by atoms with E-state index in [4.69, 9.17) is 4.18 Å². The maximum Gasteiger partial charge on any atom is 0.305 e. The SMILES string of the molecule is COC(=O)CCCCCCCCCOS(=O)(=O)c1ccc(C)cc1. The molecule has 0 saturated carbocycles. The molecule has 0 fully saturated rings. The monoisotopic (exact) mass is 356 g/mol. The molecule has 0 aliphatic rings. The third kappa shape index (κ3) is 8.45. The van der Waals surface area contributed by atoms with Crippen LogP contribution < -0.4 is 0 Å². The number of carbonyl (C=O) groups excluding carboxylic acids is 1. The summed E-state index contributed by atoms with van der Waals surface area (Å²) < 4.78 is 33.6. The Hall–Kier alpha value is -1.40. The summed E-state index contributed by atoms with van der Waals surface area (Å²) in [6.07, 6.45) is 7.27. The zero-order valence-corrected chi connectivity index (χ0v) is 15.4. The second kappa shape index (κ2) is 11.2. The van der Waals surface area contributed by atoms with Crippen molar-refractivity contribution in [3.8, 4) is 0 Å². The minimum atomic E-state index is -3.64. The third-order valence-electron chi connectivity index (χ3n) is 3.80. The number of unbranched alkanes of at least 4 members (excludes halogenated alkanes) is 6. The van der Waals surface area contributed by atoms with Crippen molar-refractivity contribution in [3.05, 3.63) is 29.8 Å². The van der Waals surface area contributed by atoms with Gasteiger partial charge in [0, 0.05) is 6.42 Å².